The summed E-state index contributed by atoms with van der Waals surface area (Å²) < 4.78 is 11.1. The summed E-state index contributed by atoms with van der Waals surface area (Å²) in [6.45, 7) is 2.26. The molecule has 1 aliphatic heterocycles. The van der Waals surface area contributed by atoms with E-state index in [-0.39, 0.29) is 18.9 Å². The Kier molecular flexibility index (Phi) is 6.30. The van der Waals surface area contributed by atoms with E-state index in [9.17, 15) is 9.59 Å². The molecule has 1 unspecified atom stereocenters. The van der Waals surface area contributed by atoms with Crippen LogP contribution in [0.15, 0.2) is 48.5 Å². The lowest BCUT2D eigenvalue weighted by Gasteiger charge is -2.25. The van der Waals surface area contributed by atoms with Crippen LogP contribution in [0, 0.1) is 0 Å². The number of fused-ring (bicyclic) bond motifs is 1. The first-order valence-corrected chi connectivity index (χ1v) is 9.20. The van der Waals surface area contributed by atoms with Gasteiger partial charge in [-0.05, 0) is 36.1 Å². The van der Waals surface area contributed by atoms with Gasteiger partial charge in [-0.3, -0.25) is 20.4 Å². The van der Waals surface area contributed by atoms with E-state index in [1.165, 1.54) is 5.56 Å². The van der Waals surface area contributed by atoms with Crippen molar-refractivity contribution in [1.82, 2.24) is 10.9 Å². The molecule has 1 aliphatic rings. The summed E-state index contributed by atoms with van der Waals surface area (Å²) in [5.74, 6) is 0.376. The molecule has 27 heavy (non-hydrogen) atoms. The minimum Gasteiger partial charge on any atom is -0.485 e. The van der Waals surface area contributed by atoms with Gasteiger partial charge in [-0.15, -0.1) is 0 Å². The number of para-hydroxylation sites is 2. The van der Waals surface area contributed by atoms with Crippen molar-refractivity contribution in [3.05, 3.63) is 59.7 Å². The van der Waals surface area contributed by atoms with E-state index in [0.29, 0.717) is 11.5 Å². The van der Waals surface area contributed by atoms with E-state index in [4.69, 9.17) is 9.47 Å². The van der Waals surface area contributed by atoms with Crippen LogP contribution in [0.1, 0.15) is 30.9 Å². The average molecular weight is 368 g/mol. The van der Waals surface area contributed by atoms with Crippen molar-refractivity contribution in [3.8, 4) is 11.5 Å². The number of aryl methyl sites for hydroxylation is 1. The highest BCUT2D eigenvalue weighted by molar-refractivity contribution is 5.86. The van der Waals surface area contributed by atoms with Crippen LogP contribution in [0.4, 0.5) is 0 Å². The summed E-state index contributed by atoms with van der Waals surface area (Å²) in [5, 5.41) is 0. The van der Waals surface area contributed by atoms with Crippen molar-refractivity contribution < 1.29 is 19.1 Å². The zero-order chi connectivity index (χ0) is 19.1. The van der Waals surface area contributed by atoms with Crippen LogP contribution in [0.2, 0.25) is 0 Å². The van der Waals surface area contributed by atoms with Gasteiger partial charge in [0.25, 0.3) is 5.91 Å². The van der Waals surface area contributed by atoms with E-state index < -0.39 is 12.0 Å². The highest BCUT2D eigenvalue weighted by Crippen LogP contribution is 2.30. The predicted molar refractivity (Wildman–Crippen MR) is 101 cm³/mol. The Morgan fingerprint density at radius 1 is 1.00 bits per heavy atom. The van der Waals surface area contributed by atoms with Crippen LogP contribution in [-0.2, 0) is 22.4 Å². The smallest absolute Gasteiger partial charge is 0.283 e. The lowest BCUT2D eigenvalue weighted by molar-refractivity contribution is -0.134. The van der Waals surface area contributed by atoms with Gasteiger partial charge in [0.05, 0.1) is 6.42 Å². The number of unbranched alkanes of at least 4 members (excludes halogenated alkanes) is 1. The van der Waals surface area contributed by atoms with Gasteiger partial charge in [0.1, 0.15) is 6.61 Å². The first-order chi connectivity index (χ1) is 13.2. The van der Waals surface area contributed by atoms with E-state index in [1.54, 1.807) is 18.2 Å². The first-order valence-electron chi connectivity index (χ1n) is 9.20. The maximum atomic E-state index is 12.2. The third kappa shape index (κ3) is 5.23. The molecule has 0 bridgehead atoms. The normalized spacial score (nSPS) is 15.1. The third-order valence-corrected chi connectivity index (χ3v) is 4.33. The topological polar surface area (TPSA) is 76.7 Å². The summed E-state index contributed by atoms with van der Waals surface area (Å²) in [5.41, 5.74) is 6.99. The van der Waals surface area contributed by atoms with Crippen LogP contribution >= 0.6 is 0 Å². The zero-order valence-electron chi connectivity index (χ0n) is 15.4. The second kappa shape index (κ2) is 9.07. The SMILES string of the molecule is CCCCc1ccc(CC(=O)NNC(=O)C2COc3ccccc3O2)cc1. The van der Waals surface area contributed by atoms with Gasteiger partial charge >= 0.3 is 0 Å². The molecule has 0 saturated carbocycles. The summed E-state index contributed by atoms with van der Waals surface area (Å²) in [4.78, 5) is 24.2. The maximum Gasteiger partial charge on any atom is 0.283 e. The molecule has 2 aromatic rings. The number of benzene rings is 2. The molecule has 1 atom stereocenters. The van der Waals surface area contributed by atoms with Gasteiger partial charge < -0.3 is 9.47 Å². The number of ether oxygens (including phenoxy) is 2. The molecule has 0 spiro atoms. The van der Waals surface area contributed by atoms with Gasteiger partial charge in [0, 0.05) is 0 Å². The molecule has 0 fully saturated rings. The molecule has 2 amide bonds. The predicted octanol–water partition coefficient (Wildman–Crippen LogP) is 2.56. The molecule has 0 aliphatic carbocycles. The van der Waals surface area contributed by atoms with Crippen molar-refractivity contribution in [2.45, 2.75) is 38.7 Å². The second-order valence-corrected chi connectivity index (χ2v) is 6.50. The van der Waals surface area contributed by atoms with Gasteiger partial charge in [-0.2, -0.15) is 0 Å². The Balaban J connectivity index is 1.44. The minimum absolute atomic E-state index is 0.0952. The number of carbonyl (C=O) groups is 2. The Morgan fingerprint density at radius 2 is 1.70 bits per heavy atom. The molecule has 2 aromatic carbocycles. The van der Waals surface area contributed by atoms with Crippen molar-refractivity contribution in [2.75, 3.05) is 6.61 Å². The monoisotopic (exact) mass is 368 g/mol. The fraction of sp³-hybridized carbons (Fsp3) is 0.333. The Labute approximate surface area is 158 Å². The molecular weight excluding hydrogens is 344 g/mol. The molecule has 0 aromatic heterocycles. The lowest BCUT2D eigenvalue weighted by atomic mass is 10.0. The molecular formula is C21H24N2O4. The third-order valence-electron chi connectivity index (χ3n) is 4.33. The number of hydrogen-bond donors (Lipinski definition) is 2. The summed E-state index contributed by atoms with van der Waals surface area (Å²) in [6, 6.07) is 15.1. The fourth-order valence-corrected chi connectivity index (χ4v) is 2.79. The van der Waals surface area contributed by atoms with Crippen LogP contribution < -0.4 is 20.3 Å². The Bertz CT molecular complexity index is 789. The van der Waals surface area contributed by atoms with Crippen LogP contribution in [0.5, 0.6) is 11.5 Å². The number of carbonyl (C=O) groups excluding carboxylic acids is 2. The Hall–Kier alpha value is -3.02. The Morgan fingerprint density at radius 3 is 2.44 bits per heavy atom. The van der Waals surface area contributed by atoms with Gasteiger partial charge in [0.2, 0.25) is 12.0 Å². The van der Waals surface area contributed by atoms with Crippen LogP contribution in [-0.4, -0.2) is 24.5 Å². The molecule has 0 saturated heterocycles. The minimum atomic E-state index is -0.807. The number of rotatable bonds is 6. The first kappa shape index (κ1) is 18.8. The van der Waals surface area contributed by atoms with Crippen LogP contribution in [0.25, 0.3) is 0 Å². The van der Waals surface area contributed by atoms with E-state index in [2.05, 4.69) is 17.8 Å². The maximum absolute atomic E-state index is 12.2. The van der Waals surface area contributed by atoms with Crippen molar-refractivity contribution in [1.29, 1.82) is 0 Å². The fourth-order valence-electron chi connectivity index (χ4n) is 2.79. The standard InChI is InChI=1S/C21H24N2O4/c1-2-3-6-15-9-11-16(12-10-15)13-20(24)22-23-21(25)19-14-26-17-7-4-5-8-18(17)27-19/h4-5,7-12,19H,2-3,6,13-14H2,1H3,(H,22,24)(H,23,25). The van der Waals surface area contributed by atoms with E-state index in [1.807, 2.05) is 30.3 Å². The second-order valence-electron chi connectivity index (χ2n) is 6.50. The van der Waals surface area contributed by atoms with E-state index >= 15 is 0 Å². The van der Waals surface area contributed by atoms with E-state index in [0.717, 1.165) is 24.8 Å². The number of amides is 2. The molecule has 6 nitrogen and oxygen atoms in total. The number of nitrogens with one attached hydrogen (secondary N) is 2. The van der Waals surface area contributed by atoms with Gasteiger partial charge in [0.15, 0.2) is 11.5 Å². The van der Waals surface area contributed by atoms with Gasteiger partial charge in [-0.1, -0.05) is 49.7 Å². The molecule has 3 rings (SSSR count). The highest BCUT2D eigenvalue weighted by Gasteiger charge is 2.27. The van der Waals surface area contributed by atoms with Crippen LogP contribution in [0.3, 0.4) is 0 Å². The summed E-state index contributed by atoms with van der Waals surface area (Å²) in [6.07, 6.45) is 2.75. The molecule has 0 radical (unpaired) electrons. The highest BCUT2D eigenvalue weighted by atomic mass is 16.6. The zero-order valence-corrected chi connectivity index (χ0v) is 15.4. The number of hydrazine groups is 1. The largest absolute Gasteiger partial charge is 0.485 e. The molecule has 2 N–H and O–H groups in total. The van der Waals surface area contributed by atoms with Gasteiger partial charge in [-0.25, -0.2) is 0 Å². The summed E-state index contributed by atoms with van der Waals surface area (Å²) in [7, 11) is 0. The molecule has 1 heterocycles. The molecule has 6 heteroatoms. The van der Waals surface area contributed by atoms with Crippen molar-refractivity contribution in [3.63, 3.8) is 0 Å². The average Bonchev–Trinajstić information content (AvgIpc) is 2.71. The van der Waals surface area contributed by atoms with Crippen molar-refractivity contribution in [2.24, 2.45) is 0 Å². The van der Waals surface area contributed by atoms with Crippen molar-refractivity contribution >= 4 is 11.8 Å². The number of hydrogen-bond acceptors (Lipinski definition) is 4. The lowest BCUT2D eigenvalue weighted by Crippen LogP contribution is -2.51. The molecule has 142 valence electrons. The summed E-state index contributed by atoms with van der Waals surface area (Å²) >= 11 is 0. The quantitative estimate of drug-likeness (QED) is 0.769.